The van der Waals surface area contributed by atoms with E-state index < -0.39 is 0 Å². The van der Waals surface area contributed by atoms with Crippen LogP contribution >= 0.6 is 0 Å². The second kappa shape index (κ2) is 6.39. The Hall–Kier alpha value is -2.36. The molecule has 0 aliphatic rings. The average molecular weight is 286 g/mol. The second-order valence-electron chi connectivity index (χ2n) is 4.95. The van der Waals surface area contributed by atoms with Gasteiger partial charge >= 0.3 is 0 Å². The monoisotopic (exact) mass is 286 g/mol. The van der Waals surface area contributed by atoms with Crippen LogP contribution in [-0.4, -0.2) is 12.5 Å². The molecule has 0 saturated heterocycles. The van der Waals surface area contributed by atoms with Crippen molar-refractivity contribution in [2.24, 2.45) is 0 Å². The molecule has 0 aliphatic heterocycles. The van der Waals surface area contributed by atoms with Crippen LogP contribution in [0, 0.1) is 5.82 Å². The number of benzene rings is 2. The number of hydrogen-bond acceptors (Lipinski definition) is 2. The minimum absolute atomic E-state index is 0.0327. The van der Waals surface area contributed by atoms with E-state index in [2.05, 4.69) is 0 Å². The van der Waals surface area contributed by atoms with E-state index in [9.17, 15) is 9.18 Å². The third kappa shape index (κ3) is 3.40. The van der Waals surface area contributed by atoms with Crippen molar-refractivity contribution in [2.45, 2.75) is 19.8 Å². The SMILES string of the molecule is CCN(C(=O)C(C)c1cccc(N)c1)c1ccc(F)cc1. The van der Waals surface area contributed by atoms with Crippen LogP contribution in [0.4, 0.5) is 15.8 Å². The first-order valence-corrected chi connectivity index (χ1v) is 6.95. The van der Waals surface area contributed by atoms with Crippen LogP contribution in [0.15, 0.2) is 48.5 Å². The number of carbonyl (C=O) groups is 1. The standard InChI is InChI=1S/C17H19FN2O/c1-3-20(16-9-7-14(18)8-10-16)17(21)12(2)13-5-4-6-15(19)11-13/h4-12H,3,19H2,1-2H3. The summed E-state index contributed by atoms with van der Waals surface area (Å²) in [6, 6.07) is 13.3. The molecular formula is C17H19FN2O. The summed E-state index contributed by atoms with van der Waals surface area (Å²) in [5.74, 6) is -0.653. The summed E-state index contributed by atoms with van der Waals surface area (Å²) in [7, 11) is 0. The highest BCUT2D eigenvalue weighted by molar-refractivity contribution is 5.97. The zero-order chi connectivity index (χ0) is 15.4. The van der Waals surface area contributed by atoms with Crippen molar-refractivity contribution in [3.63, 3.8) is 0 Å². The van der Waals surface area contributed by atoms with Crippen molar-refractivity contribution in [3.05, 3.63) is 59.9 Å². The Kier molecular flexibility index (Phi) is 4.58. The zero-order valence-corrected chi connectivity index (χ0v) is 12.2. The van der Waals surface area contributed by atoms with Gasteiger partial charge in [0.1, 0.15) is 5.82 Å². The number of hydrogen-bond donors (Lipinski definition) is 1. The molecular weight excluding hydrogens is 267 g/mol. The number of amides is 1. The summed E-state index contributed by atoms with van der Waals surface area (Å²) < 4.78 is 13.0. The Morgan fingerprint density at radius 2 is 1.90 bits per heavy atom. The number of nitrogens with zero attached hydrogens (tertiary/aromatic N) is 1. The first-order valence-electron chi connectivity index (χ1n) is 6.95. The molecule has 0 saturated carbocycles. The largest absolute Gasteiger partial charge is 0.399 e. The van der Waals surface area contributed by atoms with Crippen LogP contribution in [0.5, 0.6) is 0 Å². The number of nitrogens with two attached hydrogens (primary N) is 1. The quantitative estimate of drug-likeness (QED) is 0.873. The van der Waals surface area contributed by atoms with E-state index in [1.807, 2.05) is 26.0 Å². The number of likely N-dealkylation sites (N-methyl/N-ethyl adjacent to an activating group) is 1. The lowest BCUT2D eigenvalue weighted by Crippen LogP contribution is -2.34. The van der Waals surface area contributed by atoms with Crippen LogP contribution < -0.4 is 10.6 Å². The third-order valence-electron chi connectivity index (χ3n) is 3.50. The van der Waals surface area contributed by atoms with Gasteiger partial charge in [-0.25, -0.2) is 4.39 Å². The lowest BCUT2D eigenvalue weighted by Gasteiger charge is -2.25. The molecule has 1 amide bonds. The molecule has 0 spiro atoms. The van der Waals surface area contributed by atoms with Crippen LogP contribution in [0.25, 0.3) is 0 Å². The minimum atomic E-state index is -0.314. The highest BCUT2D eigenvalue weighted by Gasteiger charge is 2.22. The molecule has 0 bridgehead atoms. The fourth-order valence-electron chi connectivity index (χ4n) is 2.29. The third-order valence-corrected chi connectivity index (χ3v) is 3.50. The molecule has 110 valence electrons. The molecule has 4 heteroatoms. The summed E-state index contributed by atoms with van der Waals surface area (Å²) in [5, 5.41) is 0. The van der Waals surface area contributed by atoms with Crippen molar-refractivity contribution in [2.75, 3.05) is 17.2 Å². The Balaban J connectivity index is 2.25. The van der Waals surface area contributed by atoms with Gasteiger partial charge in [0.15, 0.2) is 0 Å². The second-order valence-corrected chi connectivity index (χ2v) is 4.95. The van der Waals surface area contributed by atoms with Gasteiger partial charge in [-0.05, 0) is 55.8 Å². The van der Waals surface area contributed by atoms with Crippen molar-refractivity contribution in [3.8, 4) is 0 Å². The predicted octanol–water partition coefficient (Wildman–Crippen LogP) is 3.56. The van der Waals surface area contributed by atoms with E-state index in [1.54, 1.807) is 29.2 Å². The first-order chi connectivity index (χ1) is 10.0. The van der Waals surface area contributed by atoms with Gasteiger partial charge in [0.2, 0.25) is 5.91 Å². The van der Waals surface area contributed by atoms with E-state index in [0.29, 0.717) is 17.9 Å². The van der Waals surface area contributed by atoms with Gasteiger partial charge in [0, 0.05) is 17.9 Å². The number of nitrogen functional groups attached to an aromatic ring is 1. The highest BCUT2D eigenvalue weighted by atomic mass is 19.1. The highest BCUT2D eigenvalue weighted by Crippen LogP contribution is 2.24. The molecule has 0 aliphatic carbocycles. The minimum Gasteiger partial charge on any atom is -0.399 e. The molecule has 2 N–H and O–H groups in total. The molecule has 21 heavy (non-hydrogen) atoms. The van der Waals surface area contributed by atoms with Crippen molar-refractivity contribution < 1.29 is 9.18 Å². The maximum atomic E-state index is 13.0. The lowest BCUT2D eigenvalue weighted by molar-refractivity contribution is -0.119. The van der Waals surface area contributed by atoms with E-state index in [1.165, 1.54) is 12.1 Å². The Labute approximate surface area is 124 Å². The zero-order valence-electron chi connectivity index (χ0n) is 12.2. The summed E-state index contributed by atoms with van der Waals surface area (Å²) in [6.45, 7) is 4.27. The van der Waals surface area contributed by atoms with Gasteiger partial charge in [-0.3, -0.25) is 4.79 Å². The lowest BCUT2D eigenvalue weighted by atomic mass is 9.99. The van der Waals surface area contributed by atoms with E-state index in [0.717, 1.165) is 5.56 Å². The van der Waals surface area contributed by atoms with Crippen LogP contribution in [0.2, 0.25) is 0 Å². The Bertz CT molecular complexity index is 625. The van der Waals surface area contributed by atoms with E-state index in [4.69, 9.17) is 5.73 Å². The number of carbonyl (C=O) groups excluding carboxylic acids is 1. The first kappa shape index (κ1) is 15.0. The fourth-order valence-corrected chi connectivity index (χ4v) is 2.29. The fraction of sp³-hybridized carbons (Fsp3) is 0.235. The Morgan fingerprint density at radius 1 is 1.24 bits per heavy atom. The van der Waals surface area contributed by atoms with Gasteiger partial charge in [-0.1, -0.05) is 12.1 Å². The molecule has 2 rings (SSSR count). The normalized spacial score (nSPS) is 12.0. The van der Waals surface area contributed by atoms with E-state index >= 15 is 0 Å². The van der Waals surface area contributed by atoms with Crippen LogP contribution in [0.1, 0.15) is 25.3 Å². The average Bonchev–Trinajstić information content (AvgIpc) is 2.49. The topological polar surface area (TPSA) is 46.3 Å². The van der Waals surface area contributed by atoms with Gasteiger partial charge in [-0.2, -0.15) is 0 Å². The maximum absolute atomic E-state index is 13.0. The molecule has 0 heterocycles. The molecule has 1 unspecified atom stereocenters. The molecule has 0 aromatic heterocycles. The molecule has 2 aromatic rings. The summed E-state index contributed by atoms with van der Waals surface area (Å²) in [6.07, 6.45) is 0. The molecule has 0 radical (unpaired) electrons. The summed E-state index contributed by atoms with van der Waals surface area (Å²) in [4.78, 5) is 14.3. The molecule has 3 nitrogen and oxygen atoms in total. The predicted molar refractivity (Wildman–Crippen MR) is 83.7 cm³/mol. The van der Waals surface area contributed by atoms with Crippen molar-refractivity contribution in [1.29, 1.82) is 0 Å². The number of rotatable bonds is 4. The summed E-state index contributed by atoms with van der Waals surface area (Å²) >= 11 is 0. The van der Waals surface area contributed by atoms with Crippen molar-refractivity contribution in [1.82, 2.24) is 0 Å². The number of halogens is 1. The molecule has 1 atom stereocenters. The van der Waals surface area contributed by atoms with E-state index in [-0.39, 0.29) is 17.6 Å². The molecule has 0 fully saturated rings. The number of anilines is 2. The van der Waals surface area contributed by atoms with Gasteiger partial charge in [-0.15, -0.1) is 0 Å². The van der Waals surface area contributed by atoms with Gasteiger partial charge in [0.05, 0.1) is 5.92 Å². The van der Waals surface area contributed by atoms with Gasteiger partial charge in [0.25, 0.3) is 0 Å². The van der Waals surface area contributed by atoms with Crippen molar-refractivity contribution >= 4 is 17.3 Å². The van der Waals surface area contributed by atoms with Crippen LogP contribution in [-0.2, 0) is 4.79 Å². The molecule has 2 aromatic carbocycles. The van der Waals surface area contributed by atoms with Gasteiger partial charge < -0.3 is 10.6 Å². The smallest absolute Gasteiger partial charge is 0.234 e. The summed E-state index contributed by atoms with van der Waals surface area (Å²) in [5.41, 5.74) is 7.97. The van der Waals surface area contributed by atoms with Crippen LogP contribution in [0.3, 0.4) is 0 Å². The Morgan fingerprint density at radius 3 is 2.48 bits per heavy atom. The maximum Gasteiger partial charge on any atom is 0.234 e.